The molecule has 0 saturated heterocycles. The smallest absolute Gasteiger partial charge is 0.278 e. The van der Waals surface area contributed by atoms with Crippen LogP contribution < -0.4 is 10.8 Å². The maximum Gasteiger partial charge on any atom is 0.278 e. The van der Waals surface area contributed by atoms with Gasteiger partial charge in [-0.25, -0.2) is 9.87 Å². The number of benzene rings is 1. The van der Waals surface area contributed by atoms with Crippen LogP contribution in [-0.2, 0) is 4.84 Å². The summed E-state index contributed by atoms with van der Waals surface area (Å²) in [5.74, 6) is -1.90. The largest absolute Gasteiger partial charge is 0.394 e. The third-order valence-corrected chi connectivity index (χ3v) is 4.12. The maximum atomic E-state index is 14.2. The molecule has 3 N–H and O–H groups in total. The first-order chi connectivity index (χ1) is 12.5. The van der Waals surface area contributed by atoms with Gasteiger partial charge in [-0.05, 0) is 40.8 Å². The van der Waals surface area contributed by atoms with Gasteiger partial charge in [0.25, 0.3) is 5.91 Å². The molecule has 26 heavy (non-hydrogen) atoms. The molecule has 0 saturated carbocycles. The minimum absolute atomic E-state index is 0.0211. The van der Waals surface area contributed by atoms with Gasteiger partial charge in [-0.3, -0.25) is 19.0 Å². The Morgan fingerprint density at radius 3 is 2.88 bits per heavy atom. The lowest BCUT2D eigenvalue weighted by Gasteiger charge is -2.10. The van der Waals surface area contributed by atoms with Crippen LogP contribution in [0.25, 0.3) is 5.52 Å². The van der Waals surface area contributed by atoms with Gasteiger partial charge in [0.2, 0.25) is 5.95 Å². The lowest BCUT2D eigenvalue weighted by molar-refractivity contribution is 0.0169. The fourth-order valence-corrected chi connectivity index (χ4v) is 2.76. The topological polar surface area (TPSA) is 87.9 Å². The van der Waals surface area contributed by atoms with Crippen molar-refractivity contribution >= 4 is 45.4 Å². The van der Waals surface area contributed by atoms with E-state index in [1.165, 1.54) is 24.5 Å². The van der Waals surface area contributed by atoms with Crippen LogP contribution in [0.15, 0.2) is 36.8 Å². The fraction of sp³-hybridized carbons (Fsp3) is 0.125. The molecule has 2 aromatic heterocycles. The molecule has 2 heterocycles. The van der Waals surface area contributed by atoms with Crippen LogP contribution >= 0.6 is 22.6 Å². The van der Waals surface area contributed by atoms with Crippen LogP contribution in [0.4, 0.5) is 20.2 Å². The normalized spacial score (nSPS) is 10.9. The molecule has 10 heteroatoms. The van der Waals surface area contributed by atoms with Crippen LogP contribution in [0.5, 0.6) is 0 Å². The summed E-state index contributed by atoms with van der Waals surface area (Å²) < 4.78 is 30.0. The third kappa shape index (κ3) is 3.76. The quantitative estimate of drug-likeness (QED) is 0.291. The molecule has 0 unspecified atom stereocenters. The summed E-state index contributed by atoms with van der Waals surface area (Å²) in [4.78, 5) is 20.9. The van der Waals surface area contributed by atoms with Crippen LogP contribution in [0.2, 0.25) is 0 Å². The summed E-state index contributed by atoms with van der Waals surface area (Å²) >= 11 is 1.97. The Morgan fingerprint density at radius 1 is 1.35 bits per heavy atom. The van der Waals surface area contributed by atoms with Crippen molar-refractivity contribution in [2.75, 3.05) is 18.5 Å². The first-order valence-electron chi connectivity index (χ1n) is 7.41. The van der Waals surface area contributed by atoms with Gasteiger partial charge in [0.1, 0.15) is 5.82 Å². The monoisotopic (exact) mass is 474 g/mol. The average Bonchev–Trinajstić information content (AvgIpc) is 2.98. The summed E-state index contributed by atoms with van der Waals surface area (Å²) in [6.45, 7) is -0.390. The van der Waals surface area contributed by atoms with Crippen molar-refractivity contribution in [3.05, 3.63) is 57.7 Å². The molecule has 1 amide bonds. The van der Waals surface area contributed by atoms with Crippen molar-refractivity contribution < 1.29 is 23.5 Å². The zero-order chi connectivity index (χ0) is 18.7. The van der Waals surface area contributed by atoms with E-state index in [0.29, 0.717) is 3.57 Å². The number of hydrogen-bond acceptors (Lipinski definition) is 5. The van der Waals surface area contributed by atoms with Gasteiger partial charge >= 0.3 is 0 Å². The van der Waals surface area contributed by atoms with Crippen molar-refractivity contribution in [1.82, 2.24) is 14.9 Å². The Bertz CT molecular complexity index is 964. The highest BCUT2D eigenvalue weighted by molar-refractivity contribution is 14.1. The van der Waals surface area contributed by atoms with Crippen molar-refractivity contribution in [3.63, 3.8) is 0 Å². The molecule has 0 spiro atoms. The molecule has 0 bridgehead atoms. The summed E-state index contributed by atoms with van der Waals surface area (Å²) in [7, 11) is 0. The second-order valence-corrected chi connectivity index (χ2v) is 6.40. The highest BCUT2D eigenvalue weighted by Crippen LogP contribution is 2.30. The lowest BCUT2D eigenvalue weighted by atomic mass is 10.2. The number of hydrogen-bond donors (Lipinski definition) is 3. The van der Waals surface area contributed by atoms with Crippen LogP contribution in [0.3, 0.4) is 0 Å². The van der Waals surface area contributed by atoms with E-state index < -0.39 is 17.7 Å². The van der Waals surface area contributed by atoms with Gasteiger partial charge in [-0.2, -0.15) is 4.39 Å². The van der Waals surface area contributed by atoms with Crippen molar-refractivity contribution in [2.24, 2.45) is 0 Å². The molecule has 3 rings (SSSR count). The second kappa shape index (κ2) is 7.93. The number of fused-ring (bicyclic) bond motifs is 1. The molecule has 1 aromatic carbocycles. The molecule has 0 radical (unpaired) electrons. The van der Waals surface area contributed by atoms with Gasteiger partial charge in [-0.1, -0.05) is 0 Å². The number of hydroxylamine groups is 1. The molecule has 0 aliphatic rings. The number of halogens is 3. The molecular formula is C16H13F2IN4O3. The van der Waals surface area contributed by atoms with E-state index in [0.717, 1.165) is 10.6 Å². The Kier molecular flexibility index (Phi) is 5.64. The van der Waals surface area contributed by atoms with E-state index in [1.54, 1.807) is 6.07 Å². The summed E-state index contributed by atoms with van der Waals surface area (Å²) in [6, 6.07) is 4.52. The van der Waals surface area contributed by atoms with Gasteiger partial charge in [-0.15, -0.1) is 0 Å². The molecule has 136 valence electrons. The predicted molar refractivity (Wildman–Crippen MR) is 98.1 cm³/mol. The number of amides is 1. The maximum absolute atomic E-state index is 14.2. The predicted octanol–water partition coefficient (Wildman–Crippen LogP) is 2.61. The summed E-state index contributed by atoms with van der Waals surface area (Å²) in [5.41, 5.74) is 2.69. The highest BCUT2D eigenvalue weighted by atomic mass is 127. The number of nitrogens with one attached hydrogen (secondary N) is 2. The standard InChI is InChI=1S/C16H13F2IN4O3/c17-11-5-9(19)1-2-12(11)21-15-10(16(25)22-26-4-3-24)8-23-13(15)6-20-7-14(23)18/h1-2,5-8,21,24H,3-4H2,(H,22,25). The number of aliphatic hydroxyl groups excluding tert-OH is 1. The number of aliphatic hydroxyl groups is 1. The Labute approximate surface area is 160 Å². The molecule has 0 aliphatic carbocycles. The molecule has 0 atom stereocenters. The molecule has 0 fully saturated rings. The van der Waals surface area contributed by atoms with E-state index in [2.05, 4.69) is 15.8 Å². The summed E-state index contributed by atoms with van der Waals surface area (Å²) in [5, 5.41) is 11.5. The van der Waals surface area contributed by atoms with Crippen molar-refractivity contribution in [2.45, 2.75) is 0 Å². The summed E-state index contributed by atoms with van der Waals surface area (Å²) in [6.07, 6.45) is 3.59. The van der Waals surface area contributed by atoms with Crippen molar-refractivity contribution in [1.29, 1.82) is 0 Å². The Hall–Kier alpha value is -2.31. The first-order valence-corrected chi connectivity index (χ1v) is 8.48. The number of carbonyl (C=O) groups is 1. The minimum atomic E-state index is -0.691. The zero-order valence-electron chi connectivity index (χ0n) is 13.2. The molecular weight excluding hydrogens is 461 g/mol. The lowest BCUT2D eigenvalue weighted by Crippen LogP contribution is -2.25. The minimum Gasteiger partial charge on any atom is -0.394 e. The second-order valence-electron chi connectivity index (χ2n) is 5.16. The van der Waals surface area contributed by atoms with Gasteiger partial charge in [0.05, 0.1) is 48.1 Å². The molecule has 0 aliphatic heterocycles. The van der Waals surface area contributed by atoms with Crippen LogP contribution in [-0.4, -0.2) is 33.6 Å². The zero-order valence-corrected chi connectivity index (χ0v) is 15.3. The number of rotatable bonds is 6. The van der Waals surface area contributed by atoms with E-state index >= 15 is 0 Å². The third-order valence-electron chi connectivity index (χ3n) is 3.44. The van der Waals surface area contributed by atoms with E-state index in [1.807, 2.05) is 22.6 Å². The molecule has 7 nitrogen and oxygen atoms in total. The SMILES string of the molecule is O=C(NOCCO)c1cn2c(F)cncc2c1Nc1ccc(I)cc1F. The molecule has 3 aromatic rings. The highest BCUT2D eigenvalue weighted by Gasteiger charge is 2.20. The Balaban J connectivity index is 2.04. The Morgan fingerprint density at radius 2 is 2.15 bits per heavy atom. The van der Waals surface area contributed by atoms with Crippen LogP contribution in [0, 0.1) is 15.3 Å². The number of aromatic nitrogens is 2. The van der Waals surface area contributed by atoms with Gasteiger partial charge in [0.15, 0.2) is 0 Å². The number of carbonyl (C=O) groups excluding carboxylic acids is 1. The number of anilines is 2. The van der Waals surface area contributed by atoms with E-state index in [9.17, 15) is 13.6 Å². The first kappa shape index (κ1) is 18.5. The van der Waals surface area contributed by atoms with Gasteiger partial charge in [0, 0.05) is 9.77 Å². The van der Waals surface area contributed by atoms with E-state index in [-0.39, 0.29) is 35.7 Å². The van der Waals surface area contributed by atoms with Crippen molar-refractivity contribution in [3.8, 4) is 0 Å². The van der Waals surface area contributed by atoms with Gasteiger partial charge < -0.3 is 10.4 Å². The van der Waals surface area contributed by atoms with Crippen LogP contribution in [0.1, 0.15) is 10.4 Å². The van der Waals surface area contributed by atoms with E-state index in [4.69, 9.17) is 9.94 Å². The average molecular weight is 474 g/mol. The number of nitrogens with zero attached hydrogens (tertiary/aromatic N) is 2. The fourth-order valence-electron chi connectivity index (χ4n) is 2.30.